The summed E-state index contributed by atoms with van der Waals surface area (Å²) in [5, 5.41) is 2.38. The third-order valence-electron chi connectivity index (χ3n) is 2.79. The highest BCUT2D eigenvalue weighted by molar-refractivity contribution is 6.04. The molecule has 0 saturated carbocycles. The zero-order chi connectivity index (χ0) is 15.6. The molecule has 0 radical (unpaired) electrons. The van der Waals surface area contributed by atoms with Gasteiger partial charge in [-0.15, -0.1) is 0 Å². The van der Waals surface area contributed by atoms with E-state index in [0.29, 0.717) is 0 Å². The zero-order valence-electron chi connectivity index (χ0n) is 11.0. The lowest BCUT2D eigenvalue weighted by atomic mass is 10.1. The first-order chi connectivity index (χ1) is 9.77. The van der Waals surface area contributed by atoms with E-state index < -0.39 is 23.3 Å². The molecule has 1 aromatic carbocycles. The number of anilines is 2. The first-order valence-corrected chi connectivity index (χ1v) is 5.98. The van der Waals surface area contributed by atoms with Crippen LogP contribution in [-0.2, 0) is 6.18 Å². The largest absolute Gasteiger partial charge is 0.418 e. The lowest BCUT2D eigenvalue weighted by Crippen LogP contribution is -2.14. The number of hydrogen-bond acceptors (Lipinski definition) is 3. The zero-order valence-corrected chi connectivity index (χ0v) is 11.0. The number of amides is 1. The number of aryl methyl sites for hydroxylation is 1. The van der Waals surface area contributed by atoms with Crippen LogP contribution in [0.3, 0.4) is 0 Å². The topological polar surface area (TPSA) is 68.0 Å². The Labute approximate surface area is 118 Å². The summed E-state index contributed by atoms with van der Waals surface area (Å²) >= 11 is 0. The average molecular weight is 295 g/mol. The van der Waals surface area contributed by atoms with Gasteiger partial charge in [-0.05, 0) is 37.3 Å². The Morgan fingerprint density at radius 3 is 2.52 bits per heavy atom. The van der Waals surface area contributed by atoms with Crippen molar-refractivity contribution in [3.63, 3.8) is 0 Å². The smallest absolute Gasteiger partial charge is 0.398 e. The molecule has 110 valence electrons. The van der Waals surface area contributed by atoms with Gasteiger partial charge in [0.15, 0.2) is 0 Å². The molecule has 4 nitrogen and oxygen atoms in total. The fourth-order valence-corrected chi connectivity index (χ4v) is 1.68. The molecule has 0 bridgehead atoms. The number of nitrogen functional groups attached to an aromatic ring is 1. The highest BCUT2D eigenvalue weighted by atomic mass is 19.4. The number of alkyl halides is 3. The number of nitrogens with zero attached hydrogens (tertiary/aromatic N) is 1. The summed E-state index contributed by atoms with van der Waals surface area (Å²) in [7, 11) is 0. The summed E-state index contributed by atoms with van der Waals surface area (Å²) in [5.74, 6) is -0.541. The first kappa shape index (κ1) is 14.8. The number of rotatable bonds is 2. The number of halogens is 3. The Balaban J connectivity index is 2.24. The number of carbonyl (C=O) groups excluding carboxylic acids is 1. The van der Waals surface area contributed by atoms with Crippen molar-refractivity contribution >= 4 is 17.3 Å². The van der Waals surface area contributed by atoms with Crippen molar-refractivity contribution in [2.75, 3.05) is 11.1 Å². The van der Waals surface area contributed by atoms with Crippen LogP contribution in [0.5, 0.6) is 0 Å². The minimum absolute atomic E-state index is 0.0158. The van der Waals surface area contributed by atoms with Gasteiger partial charge in [0.05, 0.1) is 11.1 Å². The molecule has 0 fully saturated rings. The lowest BCUT2D eigenvalue weighted by molar-refractivity contribution is -0.136. The van der Waals surface area contributed by atoms with Crippen molar-refractivity contribution in [3.8, 4) is 0 Å². The van der Waals surface area contributed by atoms with E-state index in [2.05, 4.69) is 10.3 Å². The van der Waals surface area contributed by atoms with Gasteiger partial charge in [-0.1, -0.05) is 0 Å². The molecule has 21 heavy (non-hydrogen) atoms. The molecule has 3 N–H and O–H groups in total. The van der Waals surface area contributed by atoms with Crippen molar-refractivity contribution < 1.29 is 18.0 Å². The molecule has 0 spiro atoms. The van der Waals surface area contributed by atoms with Crippen molar-refractivity contribution in [1.82, 2.24) is 4.98 Å². The SMILES string of the molecule is Cc1ccc(C(=O)Nc2ccc(N)c(C(F)(F)F)c2)cn1. The Bertz CT molecular complexity index is 666. The van der Waals surface area contributed by atoms with E-state index in [1.807, 2.05) is 0 Å². The van der Waals surface area contributed by atoms with Gasteiger partial charge in [0.1, 0.15) is 0 Å². The number of carbonyl (C=O) groups is 1. The highest BCUT2D eigenvalue weighted by Gasteiger charge is 2.33. The number of benzene rings is 1. The second kappa shape index (κ2) is 5.43. The normalized spacial score (nSPS) is 11.2. The predicted molar refractivity (Wildman–Crippen MR) is 72.8 cm³/mol. The third-order valence-corrected chi connectivity index (χ3v) is 2.79. The van der Waals surface area contributed by atoms with Crippen molar-refractivity contribution in [2.24, 2.45) is 0 Å². The quantitative estimate of drug-likeness (QED) is 0.836. The second-order valence-electron chi connectivity index (χ2n) is 4.44. The van der Waals surface area contributed by atoms with Gasteiger partial charge in [-0.25, -0.2) is 0 Å². The number of nitrogens with one attached hydrogen (secondary N) is 1. The van der Waals surface area contributed by atoms with Gasteiger partial charge in [0.25, 0.3) is 5.91 Å². The molecule has 2 rings (SSSR count). The highest BCUT2D eigenvalue weighted by Crippen LogP contribution is 2.35. The molecule has 0 aliphatic rings. The van der Waals surface area contributed by atoms with Crippen molar-refractivity contribution in [3.05, 3.63) is 53.3 Å². The van der Waals surface area contributed by atoms with Gasteiger partial charge in [0.2, 0.25) is 0 Å². The van der Waals surface area contributed by atoms with Crippen LogP contribution in [0.1, 0.15) is 21.6 Å². The summed E-state index contributed by atoms with van der Waals surface area (Å²) in [5.41, 5.74) is 4.92. The number of hydrogen-bond donors (Lipinski definition) is 2. The molecule has 2 aromatic rings. The summed E-state index contributed by atoms with van der Waals surface area (Å²) in [6, 6.07) is 6.39. The molecule has 1 amide bonds. The molecule has 0 aliphatic heterocycles. The standard InChI is InChI=1S/C14H12F3N3O/c1-8-2-3-9(7-19-8)13(21)20-10-4-5-12(18)11(6-10)14(15,16)17/h2-7H,18H2,1H3,(H,20,21). The van der Waals surface area contributed by atoms with Crippen LogP contribution in [0.2, 0.25) is 0 Å². The number of aromatic nitrogens is 1. The molecule has 0 saturated heterocycles. The predicted octanol–water partition coefficient (Wildman–Crippen LogP) is 3.24. The average Bonchev–Trinajstić information content (AvgIpc) is 2.40. The molecule has 0 unspecified atom stereocenters. The number of pyridine rings is 1. The van der Waals surface area contributed by atoms with E-state index in [4.69, 9.17) is 5.73 Å². The summed E-state index contributed by atoms with van der Waals surface area (Å²) in [6.45, 7) is 1.76. The van der Waals surface area contributed by atoms with Crippen LogP contribution in [0.25, 0.3) is 0 Å². The monoisotopic (exact) mass is 295 g/mol. The minimum Gasteiger partial charge on any atom is -0.398 e. The molecule has 7 heteroatoms. The van der Waals surface area contributed by atoms with Gasteiger partial charge >= 0.3 is 6.18 Å². The Hall–Kier alpha value is -2.57. The summed E-state index contributed by atoms with van der Waals surface area (Å²) < 4.78 is 38.2. The van der Waals surface area contributed by atoms with E-state index >= 15 is 0 Å². The minimum atomic E-state index is -4.57. The van der Waals surface area contributed by atoms with Gasteiger partial charge in [-0.3, -0.25) is 9.78 Å². The molecule has 1 aromatic heterocycles. The Morgan fingerprint density at radius 1 is 1.24 bits per heavy atom. The third kappa shape index (κ3) is 3.50. The molecule has 0 atom stereocenters. The van der Waals surface area contributed by atoms with Gasteiger partial charge in [0, 0.05) is 23.3 Å². The van der Waals surface area contributed by atoms with Crippen LogP contribution in [0.4, 0.5) is 24.5 Å². The van der Waals surface area contributed by atoms with E-state index in [0.717, 1.165) is 17.8 Å². The first-order valence-electron chi connectivity index (χ1n) is 5.98. The number of nitrogens with two attached hydrogens (primary N) is 1. The van der Waals surface area contributed by atoms with Crippen molar-refractivity contribution in [1.29, 1.82) is 0 Å². The molecular weight excluding hydrogens is 283 g/mol. The molecule has 0 aliphatic carbocycles. The Morgan fingerprint density at radius 2 is 1.95 bits per heavy atom. The maximum atomic E-state index is 12.7. The van der Waals surface area contributed by atoms with Crippen LogP contribution in [0, 0.1) is 6.92 Å². The lowest BCUT2D eigenvalue weighted by Gasteiger charge is -2.12. The van der Waals surface area contributed by atoms with Crippen LogP contribution in [-0.4, -0.2) is 10.9 Å². The molecule has 1 heterocycles. The Kier molecular flexibility index (Phi) is 3.84. The van der Waals surface area contributed by atoms with E-state index in [1.165, 1.54) is 12.3 Å². The molecular formula is C14H12F3N3O. The maximum Gasteiger partial charge on any atom is 0.418 e. The second-order valence-corrected chi connectivity index (χ2v) is 4.44. The fraction of sp³-hybridized carbons (Fsp3) is 0.143. The van der Waals surface area contributed by atoms with E-state index in [9.17, 15) is 18.0 Å². The summed E-state index contributed by atoms with van der Waals surface area (Å²) in [6.07, 6.45) is -3.22. The van der Waals surface area contributed by atoms with E-state index in [1.54, 1.807) is 19.1 Å². The maximum absolute atomic E-state index is 12.7. The van der Waals surface area contributed by atoms with E-state index in [-0.39, 0.29) is 11.3 Å². The van der Waals surface area contributed by atoms with Gasteiger partial charge in [-0.2, -0.15) is 13.2 Å². The van der Waals surface area contributed by atoms with Crippen LogP contribution >= 0.6 is 0 Å². The van der Waals surface area contributed by atoms with Crippen LogP contribution in [0.15, 0.2) is 36.5 Å². The van der Waals surface area contributed by atoms with Crippen LogP contribution < -0.4 is 11.1 Å². The summed E-state index contributed by atoms with van der Waals surface area (Å²) in [4.78, 5) is 15.9. The van der Waals surface area contributed by atoms with Crippen molar-refractivity contribution in [2.45, 2.75) is 13.1 Å². The van der Waals surface area contributed by atoms with Gasteiger partial charge < -0.3 is 11.1 Å². The fourth-order valence-electron chi connectivity index (χ4n) is 1.68.